The molecule has 8 heavy (non-hydrogen) atoms. The van der Waals surface area contributed by atoms with Gasteiger partial charge >= 0.3 is 0 Å². The predicted molar refractivity (Wildman–Crippen MR) is 38.6 cm³/mol. The molecule has 1 aliphatic rings. The lowest BCUT2D eigenvalue weighted by molar-refractivity contribution is 0.896. The van der Waals surface area contributed by atoms with Crippen LogP contribution in [-0.4, -0.2) is 24.3 Å². The Hall–Kier alpha value is -0.440. The molecule has 0 amide bonds. The molecular formula is C5H8N2S. The van der Waals surface area contributed by atoms with E-state index in [4.69, 9.17) is 12.2 Å². The van der Waals surface area contributed by atoms with Crippen molar-refractivity contribution in [1.82, 2.24) is 5.32 Å². The highest BCUT2D eigenvalue weighted by atomic mass is 32.1. The first-order chi connectivity index (χ1) is 3.89. The molecule has 0 bridgehead atoms. The summed E-state index contributed by atoms with van der Waals surface area (Å²) in [5.41, 5.74) is 0. The molecule has 2 nitrogen and oxygen atoms in total. The second-order valence-corrected chi connectivity index (χ2v) is 2.14. The summed E-state index contributed by atoms with van der Waals surface area (Å²) in [6.07, 6.45) is 2.68. The third kappa shape index (κ3) is 1.58. The Labute approximate surface area is 54.0 Å². The van der Waals surface area contributed by atoms with Gasteiger partial charge in [0.2, 0.25) is 0 Å². The Morgan fingerprint density at radius 1 is 1.75 bits per heavy atom. The van der Waals surface area contributed by atoms with Gasteiger partial charge in [-0.3, -0.25) is 4.99 Å². The van der Waals surface area contributed by atoms with Crippen LogP contribution in [-0.2, 0) is 0 Å². The minimum atomic E-state index is 0.815. The molecule has 1 rings (SSSR count). The maximum Gasteiger partial charge on any atom is 0.0807 e. The van der Waals surface area contributed by atoms with Gasteiger partial charge in [0.1, 0.15) is 0 Å². The Balaban J connectivity index is 2.41. The second kappa shape index (κ2) is 2.77. The number of nitrogens with one attached hydrogen (secondary N) is 1. The molecule has 0 aromatic carbocycles. The van der Waals surface area contributed by atoms with Crippen LogP contribution in [0.1, 0.15) is 6.42 Å². The number of hydrogen-bond acceptors (Lipinski definition) is 2. The lowest BCUT2D eigenvalue weighted by Gasteiger charge is -1.96. The molecule has 0 aliphatic carbocycles. The van der Waals surface area contributed by atoms with E-state index < -0.39 is 0 Å². The highest BCUT2D eigenvalue weighted by Gasteiger charge is 1.94. The summed E-state index contributed by atoms with van der Waals surface area (Å²) < 4.78 is 0. The Morgan fingerprint density at radius 3 is 3.50 bits per heavy atom. The van der Waals surface area contributed by atoms with Crippen LogP contribution >= 0.6 is 12.2 Å². The molecule has 0 radical (unpaired) electrons. The van der Waals surface area contributed by atoms with Crippen LogP contribution in [0.4, 0.5) is 0 Å². The number of hydrogen-bond donors (Lipinski definition) is 1. The van der Waals surface area contributed by atoms with Crippen molar-refractivity contribution in [2.24, 2.45) is 4.99 Å². The molecule has 3 heteroatoms. The zero-order valence-corrected chi connectivity index (χ0v) is 5.37. The average molecular weight is 128 g/mol. The minimum Gasteiger partial charge on any atom is -0.377 e. The molecule has 1 aliphatic heterocycles. The molecule has 0 atom stereocenters. The SMILES string of the molecule is S=C1CC=NCCN1. The van der Waals surface area contributed by atoms with E-state index in [9.17, 15) is 0 Å². The Kier molecular flexibility index (Phi) is 1.97. The van der Waals surface area contributed by atoms with Crippen molar-refractivity contribution in [2.45, 2.75) is 6.42 Å². The first-order valence-electron chi connectivity index (χ1n) is 2.64. The van der Waals surface area contributed by atoms with Gasteiger partial charge in [0.25, 0.3) is 0 Å². The zero-order valence-electron chi connectivity index (χ0n) is 4.55. The highest BCUT2D eigenvalue weighted by molar-refractivity contribution is 7.80. The summed E-state index contributed by atoms with van der Waals surface area (Å²) >= 11 is 4.89. The smallest absolute Gasteiger partial charge is 0.0807 e. The molecular weight excluding hydrogens is 120 g/mol. The summed E-state index contributed by atoms with van der Waals surface area (Å²) in [7, 11) is 0. The molecule has 0 spiro atoms. The van der Waals surface area contributed by atoms with Gasteiger partial charge in [-0.05, 0) is 0 Å². The predicted octanol–water partition coefficient (Wildman–Crippen LogP) is 0.378. The summed E-state index contributed by atoms with van der Waals surface area (Å²) in [4.78, 5) is 4.95. The van der Waals surface area contributed by atoms with Crippen molar-refractivity contribution in [1.29, 1.82) is 0 Å². The maximum absolute atomic E-state index is 4.89. The van der Waals surface area contributed by atoms with E-state index in [0.29, 0.717) is 0 Å². The molecule has 1 heterocycles. The molecule has 0 saturated heterocycles. The fourth-order valence-electron chi connectivity index (χ4n) is 0.571. The number of thiocarbonyl (C=S) groups is 1. The number of aliphatic imine (C=N–C) groups is 1. The highest BCUT2D eigenvalue weighted by Crippen LogP contribution is 1.83. The number of nitrogens with zero attached hydrogens (tertiary/aromatic N) is 1. The molecule has 0 aromatic heterocycles. The summed E-state index contributed by atoms with van der Waals surface area (Å²) in [5.74, 6) is 0. The van der Waals surface area contributed by atoms with Gasteiger partial charge in [0.15, 0.2) is 0 Å². The van der Waals surface area contributed by atoms with Crippen LogP contribution in [0.25, 0.3) is 0 Å². The molecule has 0 unspecified atom stereocenters. The van der Waals surface area contributed by atoms with Crippen molar-refractivity contribution < 1.29 is 0 Å². The van der Waals surface area contributed by atoms with Crippen molar-refractivity contribution in [3.05, 3.63) is 0 Å². The van der Waals surface area contributed by atoms with E-state index in [1.807, 2.05) is 6.21 Å². The van der Waals surface area contributed by atoms with Crippen LogP contribution in [0.15, 0.2) is 4.99 Å². The van der Waals surface area contributed by atoms with Crippen molar-refractivity contribution >= 4 is 23.4 Å². The van der Waals surface area contributed by atoms with E-state index in [1.54, 1.807) is 0 Å². The van der Waals surface area contributed by atoms with Gasteiger partial charge in [0, 0.05) is 19.2 Å². The Bertz CT molecular complexity index is 120. The lowest BCUT2D eigenvalue weighted by atomic mass is 10.5. The quantitative estimate of drug-likeness (QED) is 0.477. The summed E-state index contributed by atoms with van der Waals surface area (Å²) in [5, 5.41) is 3.05. The molecule has 1 N–H and O–H groups in total. The van der Waals surface area contributed by atoms with Crippen LogP contribution in [0.2, 0.25) is 0 Å². The van der Waals surface area contributed by atoms with Crippen LogP contribution in [0.5, 0.6) is 0 Å². The Morgan fingerprint density at radius 2 is 2.62 bits per heavy atom. The third-order valence-electron chi connectivity index (χ3n) is 0.969. The van der Waals surface area contributed by atoms with Crippen molar-refractivity contribution in [3.8, 4) is 0 Å². The maximum atomic E-state index is 4.89. The minimum absolute atomic E-state index is 0.815. The first-order valence-corrected chi connectivity index (χ1v) is 3.05. The summed E-state index contributed by atoms with van der Waals surface area (Å²) in [6, 6.07) is 0. The average Bonchev–Trinajstić information content (AvgIpc) is 1.94. The summed E-state index contributed by atoms with van der Waals surface area (Å²) in [6.45, 7) is 1.76. The molecule has 44 valence electrons. The van der Waals surface area contributed by atoms with Crippen LogP contribution in [0.3, 0.4) is 0 Å². The standard InChI is InChI=1S/C5H8N2S/c8-5-1-2-6-3-4-7-5/h2H,1,3-4H2,(H,7,8). The molecule has 0 fully saturated rings. The fraction of sp³-hybridized carbons (Fsp3) is 0.600. The van der Waals surface area contributed by atoms with E-state index in [0.717, 1.165) is 24.5 Å². The molecule has 0 saturated carbocycles. The number of rotatable bonds is 0. The van der Waals surface area contributed by atoms with Gasteiger partial charge in [-0.2, -0.15) is 0 Å². The third-order valence-corrected chi connectivity index (χ3v) is 1.28. The zero-order chi connectivity index (χ0) is 5.82. The van der Waals surface area contributed by atoms with Gasteiger partial charge < -0.3 is 5.32 Å². The second-order valence-electron chi connectivity index (χ2n) is 1.64. The van der Waals surface area contributed by atoms with Crippen LogP contribution in [0, 0.1) is 0 Å². The largest absolute Gasteiger partial charge is 0.377 e. The molecule has 0 aromatic rings. The van der Waals surface area contributed by atoms with Gasteiger partial charge in [0.05, 0.1) is 11.5 Å². The first kappa shape index (κ1) is 5.69. The van der Waals surface area contributed by atoms with Crippen molar-refractivity contribution in [3.63, 3.8) is 0 Å². The van der Waals surface area contributed by atoms with Gasteiger partial charge in [-0.25, -0.2) is 0 Å². The lowest BCUT2D eigenvalue weighted by Crippen LogP contribution is -2.21. The van der Waals surface area contributed by atoms with Crippen molar-refractivity contribution in [2.75, 3.05) is 13.1 Å². The van der Waals surface area contributed by atoms with E-state index in [2.05, 4.69) is 10.3 Å². The fourth-order valence-corrected chi connectivity index (χ4v) is 0.747. The monoisotopic (exact) mass is 128 g/mol. The topological polar surface area (TPSA) is 24.4 Å². The van der Waals surface area contributed by atoms with E-state index in [-0.39, 0.29) is 0 Å². The van der Waals surface area contributed by atoms with E-state index >= 15 is 0 Å². The van der Waals surface area contributed by atoms with Crippen LogP contribution < -0.4 is 5.32 Å². The normalized spacial score (nSPS) is 19.8. The van der Waals surface area contributed by atoms with Gasteiger partial charge in [-0.15, -0.1) is 0 Å². The van der Waals surface area contributed by atoms with Gasteiger partial charge in [-0.1, -0.05) is 12.2 Å². The van der Waals surface area contributed by atoms with E-state index in [1.165, 1.54) is 0 Å².